The molecule has 0 aromatic heterocycles. The fraction of sp³-hybridized carbons (Fsp3) is 0.500. The molecule has 0 bridgehead atoms. The number of amides is 2. The summed E-state index contributed by atoms with van der Waals surface area (Å²) in [5.41, 5.74) is 0.753. The molecule has 0 saturated heterocycles. The van der Waals surface area contributed by atoms with Gasteiger partial charge in [0.2, 0.25) is 0 Å². The second-order valence-corrected chi connectivity index (χ2v) is 4.84. The average Bonchev–Trinajstić information content (AvgIpc) is 2.38. The van der Waals surface area contributed by atoms with Gasteiger partial charge in [0, 0.05) is 11.6 Å². The van der Waals surface area contributed by atoms with Gasteiger partial charge in [-0.3, -0.25) is 14.5 Å². The summed E-state index contributed by atoms with van der Waals surface area (Å²) in [6.45, 7) is 12.4. The molecule has 1 saturated carbocycles. The lowest BCUT2D eigenvalue weighted by Gasteiger charge is -2.36. The summed E-state index contributed by atoms with van der Waals surface area (Å²) in [6, 6.07) is -0.0552. The van der Waals surface area contributed by atoms with E-state index >= 15 is 0 Å². The van der Waals surface area contributed by atoms with Crippen molar-refractivity contribution in [2.24, 2.45) is 0 Å². The molecule has 1 aliphatic heterocycles. The molecule has 0 spiro atoms. The molecule has 2 rings (SSSR count). The Labute approximate surface area is 107 Å². The number of carbonyl (C=O) groups excluding carboxylic acids is 2. The lowest BCUT2D eigenvalue weighted by molar-refractivity contribution is -0.144. The average molecular weight is 244 g/mol. The van der Waals surface area contributed by atoms with E-state index in [2.05, 4.69) is 11.4 Å². The molecule has 4 heteroatoms. The molecular weight excluding hydrogens is 228 g/mol. The molecule has 2 aliphatic rings. The van der Waals surface area contributed by atoms with Crippen molar-refractivity contribution in [2.75, 3.05) is 0 Å². The predicted octanol–water partition coefficient (Wildman–Crippen LogP) is 2.44. The number of hydrogen-bond acceptors (Lipinski definition) is 2. The zero-order valence-electron chi connectivity index (χ0n) is 10.5. The number of rotatable bonds is 1. The number of carbonyl (C=O) groups is 2. The molecule has 0 N–H and O–H groups in total. The van der Waals surface area contributed by atoms with Crippen molar-refractivity contribution < 1.29 is 9.59 Å². The van der Waals surface area contributed by atoms with Gasteiger partial charge in [0.25, 0.3) is 17.5 Å². The highest BCUT2D eigenvalue weighted by Crippen LogP contribution is 2.31. The minimum atomic E-state index is -0.438. The van der Waals surface area contributed by atoms with Gasteiger partial charge in [-0.1, -0.05) is 25.8 Å². The largest absolute Gasteiger partial charge is 0.283 e. The Bertz CT molecular complexity index is 490. The summed E-state index contributed by atoms with van der Waals surface area (Å²) in [5.74, 6) is -0.761. The van der Waals surface area contributed by atoms with Crippen LogP contribution in [-0.2, 0) is 9.59 Å². The molecule has 1 aliphatic carbocycles. The minimum absolute atomic E-state index is 0.0465. The Kier molecular flexibility index (Phi) is 3.33. The standard InChI is InChI=1S/C14H16N2O2/c1-9-10(2)13(17)16(14(18)12(9)15-3)11-7-5-4-6-8-11/h11H,2,4-8H2,1H3. The van der Waals surface area contributed by atoms with Crippen LogP contribution >= 0.6 is 0 Å². The molecule has 0 atom stereocenters. The Balaban J connectivity index is 2.37. The zero-order chi connectivity index (χ0) is 13.3. The van der Waals surface area contributed by atoms with Gasteiger partial charge >= 0.3 is 0 Å². The van der Waals surface area contributed by atoms with Crippen molar-refractivity contribution in [2.45, 2.75) is 45.1 Å². The Hall–Kier alpha value is -1.89. The summed E-state index contributed by atoms with van der Waals surface area (Å²) in [6.07, 6.45) is 4.90. The van der Waals surface area contributed by atoms with Crippen LogP contribution < -0.4 is 0 Å². The topological polar surface area (TPSA) is 41.7 Å². The van der Waals surface area contributed by atoms with Crippen LogP contribution in [0.4, 0.5) is 0 Å². The molecule has 1 heterocycles. The van der Waals surface area contributed by atoms with E-state index in [1.54, 1.807) is 6.92 Å². The van der Waals surface area contributed by atoms with Crippen molar-refractivity contribution in [1.29, 1.82) is 0 Å². The van der Waals surface area contributed by atoms with E-state index in [9.17, 15) is 9.59 Å². The highest BCUT2D eigenvalue weighted by Gasteiger charge is 2.39. The van der Waals surface area contributed by atoms with Crippen LogP contribution in [0.15, 0.2) is 23.4 Å². The third-order valence-electron chi connectivity index (χ3n) is 3.76. The van der Waals surface area contributed by atoms with Crippen LogP contribution in [0, 0.1) is 6.57 Å². The van der Waals surface area contributed by atoms with Gasteiger partial charge in [-0.15, -0.1) is 0 Å². The molecule has 0 unspecified atom stereocenters. The van der Waals surface area contributed by atoms with Crippen molar-refractivity contribution in [1.82, 2.24) is 4.90 Å². The maximum atomic E-state index is 12.2. The first-order valence-electron chi connectivity index (χ1n) is 6.23. The first-order valence-corrected chi connectivity index (χ1v) is 6.23. The summed E-state index contributed by atoms with van der Waals surface area (Å²) in [5, 5.41) is 0. The van der Waals surface area contributed by atoms with Gasteiger partial charge < -0.3 is 0 Å². The Morgan fingerprint density at radius 2 is 1.83 bits per heavy atom. The summed E-state index contributed by atoms with van der Waals surface area (Å²) in [4.78, 5) is 28.9. The summed E-state index contributed by atoms with van der Waals surface area (Å²) in [7, 11) is 0. The van der Waals surface area contributed by atoms with Crippen molar-refractivity contribution in [3.05, 3.63) is 34.8 Å². The number of nitrogens with zero attached hydrogens (tertiary/aromatic N) is 2. The first-order chi connectivity index (χ1) is 8.57. The third-order valence-corrected chi connectivity index (χ3v) is 3.76. The van der Waals surface area contributed by atoms with E-state index < -0.39 is 5.91 Å². The second-order valence-electron chi connectivity index (χ2n) is 4.84. The van der Waals surface area contributed by atoms with E-state index in [-0.39, 0.29) is 23.2 Å². The fourth-order valence-corrected chi connectivity index (χ4v) is 2.62. The zero-order valence-corrected chi connectivity index (χ0v) is 10.5. The quantitative estimate of drug-likeness (QED) is 0.404. The van der Waals surface area contributed by atoms with E-state index in [1.165, 1.54) is 4.90 Å². The maximum Gasteiger partial charge on any atom is 0.260 e. The van der Waals surface area contributed by atoms with Crippen LogP contribution in [0.1, 0.15) is 39.0 Å². The summed E-state index contributed by atoms with van der Waals surface area (Å²) < 4.78 is 0. The van der Waals surface area contributed by atoms with E-state index in [1.807, 2.05) is 0 Å². The molecule has 1 fully saturated rings. The van der Waals surface area contributed by atoms with Gasteiger partial charge in [-0.2, -0.15) is 0 Å². The van der Waals surface area contributed by atoms with E-state index in [0.29, 0.717) is 5.57 Å². The number of hydrogen-bond donors (Lipinski definition) is 0. The van der Waals surface area contributed by atoms with Gasteiger partial charge in [0.05, 0.1) is 6.57 Å². The predicted molar refractivity (Wildman–Crippen MR) is 67.2 cm³/mol. The van der Waals surface area contributed by atoms with E-state index in [4.69, 9.17) is 6.57 Å². The van der Waals surface area contributed by atoms with E-state index in [0.717, 1.165) is 32.1 Å². The highest BCUT2D eigenvalue weighted by molar-refractivity contribution is 6.17. The first kappa shape index (κ1) is 12.6. The molecule has 0 aromatic rings. The summed E-state index contributed by atoms with van der Waals surface area (Å²) >= 11 is 0. The van der Waals surface area contributed by atoms with Crippen molar-refractivity contribution in [3.63, 3.8) is 0 Å². The van der Waals surface area contributed by atoms with Crippen molar-refractivity contribution >= 4 is 11.8 Å². The Morgan fingerprint density at radius 3 is 2.39 bits per heavy atom. The molecule has 0 radical (unpaired) electrons. The fourth-order valence-electron chi connectivity index (χ4n) is 2.62. The van der Waals surface area contributed by atoms with Crippen LogP contribution in [0.2, 0.25) is 0 Å². The molecule has 0 aromatic carbocycles. The molecule has 18 heavy (non-hydrogen) atoms. The smallest absolute Gasteiger partial charge is 0.260 e. The SMILES string of the molecule is [C-]#[N+]C1=C(C)C(=C)C(=O)N(C2CCCCC2)C1=O. The second kappa shape index (κ2) is 4.77. The Morgan fingerprint density at radius 1 is 1.22 bits per heavy atom. The van der Waals surface area contributed by atoms with Crippen LogP contribution in [-0.4, -0.2) is 22.8 Å². The molecule has 4 nitrogen and oxygen atoms in total. The van der Waals surface area contributed by atoms with Crippen LogP contribution in [0.5, 0.6) is 0 Å². The minimum Gasteiger partial charge on any atom is -0.283 e. The van der Waals surface area contributed by atoms with Gasteiger partial charge in [-0.05, 0) is 25.3 Å². The van der Waals surface area contributed by atoms with Crippen LogP contribution in [0.3, 0.4) is 0 Å². The van der Waals surface area contributed by atoms with Gasteiger partial charge in [0.15, 0.2) is 0 Å². The lowest BCUT2D eigenvalue weighted by atomic mass is 9.91. The van der Waals surface area contributed by atoms with Crippen LogP contribution in [0.25, 0.3) is 4.85 Å². The number of imide groups is 1. The van der Waals surface area contributed by atoms with Gasteiger partial charge in [0.1, 0.15) is 0 Å². The molecule has 2 amide bonds. The maximum absolute atomic E-state index is 12.2. The highest BCUT2D eigenvalue weighted by atomic mass is 16.2. The lowest BCUT2D eigenvalue weighted by Crippen LogP contribution is -2.49. The molecule has 94 valence electrons. The third kappa shape index (κ3) is 1.86. The monoisotopic (exact) mass is 244 g/mol. The van der Waals surface area contributed by atoms with Crippen molar-refractivity contribution in [3.8, 4) is 0 Å². The normalized spacial score (nSPS) is 22.4. The molecular formula is C14H16N2O2. The van der Waals surface area contributed by atoms with Gasteiger partial charge in [-0.25, -0.2) is 4.85 Å².